The molecule has 144 valence electrons. The lowest BCUT2D eigenvalue weighted by Gasteiger charge is -2.35. The quantitative estimate of drug-likeness (QED) is 0.893. The van der Waals surface area contributed by atoms with Gasteiger partial charge in [-0.15, -0.1) is 0 Å². The van der Waals surface area contributed by atoms with Crippen molar-refractivity contribution in [1.82, 2.24) is 14.9 Å². The van der Waals surface area contributed by atoms with E-state index in [0.717, 1.165) is 30.5 Å². The molecule has 0 atom stereocenters. The predicted molar refractivity (Wildman–Crippen MR) is 104 cm³/mol. The van der Waals surface area contributed by atoms with Crippen molar-refractivity contribution in [3.8, 4) is 0 Å². The van der Waals surface area contributed by atoms with Crippen molar-refractivity contribution in [1.29, 1.82) is 0 Å². The van der Waals surface area contributed by atoms with E-state index < -0.39 is 0 Å². The lowest BCUT2D eigenvalue weighted by atomic mass is 9.95. The minimum Gasteiger partial charge on any atom is -0.459 e. The molecule has 2 fully saturated rings. The molecule has 0 spiro atoms. The summed E-state index contributed by atoms with van der Waals surface area (Å²) in [5.41, 5.74) is 0. The first-order valence-corrected chi connectivity index (χ1v) is 9.89. The molecule has 7 heteroatoms. The van der Waals surface area contributed by atoms with Gasteiger partial charge in [-0.3, -0.25) is 4.79 Å². The van der Waals surface area contributed by atoms with E-state index >= 15 is 0 Å². The average Bonchev–Trinajstić information content (AvgIpc) is 3.23. The van der Waals surface area contributed by atoms with Gasteiger partial charge < -0.3 is 19.5 Å². The molecule has 1 N–H and O–H groups in total. The van der Waals surface area contributed by atoms with Crippen LogP contribution in [-0.4, -0.2) is 53.0 Å². The second-order valence-corrected chi connectivity index (χ2v) is 7.39. The van der Waals surface area contributed by atoms with Gasteiger partial charge in [0.1, 0.15) is 17.5 Å². The number of amides is 1. The fourth-order valence-electron chi connectivity index (χ4n) is 3.94. The van der Waals surface area contributed by atoms with Crippen LogP contribution in [0.1, 0.15) is 48.5 Å². The van der Waals surface area contributed by atoms with Gasteiger partial charge in [-0.25, -0.2) is 9.97 Å². The fraction of sp³-hybridized carbons (Fsp3) is 0.550. The third-order valence-electron chi connectivity index (χ3n) is 5.40. The number of anilines is 2. The molecule has 1 saturated carbocycles. The number of aryl methyl sites for hydroxylation is 1. The highest BCUT2D eigenvalue weighted by Gasteiger charge is 2.25. The number of furan rings is 1. The molecule has 1 aliphatic heterocycles. The lowest BCUT2D eigenvalue weighted by Crippen LogP contribution is -2.49. The number of rotatable bonds is 4. The largest absolute Gasteiger partial charge is 0.459 e. The molecule has 0 unspecified atom stereocenters. The van der Waals surface area contributed by atoms with Crippen LogP contribution in [0.25, 0.3) is 0 Å². The summed E-state index contributed by atoms with van der Waals surface area (Å²) in [7, 11) is 0. The summed E-state index contributed by atoms with van der Waals surface area (Å²) < 4.78 is 5.23. The number of hydrogen-bond acceptors (Lipinski definition) is 6. The zero-order chi connectivity index (χ0) is 18.6. The van der Waals surface area contributed by atoms with E-state index in [4.69, 9.17) is 4.42 Å². The molecule has 1 aliphatic carbocycles. The third-order valence-corrected chi connectivity index (χ3v) is 5.40. The Labute approximate surface area is 159 Å². The molecule has 1 amide bonds. The topological polar surface area (TPSA) is 74.5 Å². The smallest absolute Gasteiger partial charge is 0.289 e. The molecule has 27 heavy (non-hydrogen) atoms. The number of aromatic nitrogens is 2. The molecule has 0 aromatic carbocycles. The minimum absolute atomic E-state index is 0.0434. The van der Waals surface area contributed by atoms with Gasteiger partial charge in [-0.05, 0) is 31.9 Å². The molecule has 2 aromatic rings. The maximum Gasteiger partial charge on any atom is 0.289 e. The maximum atomic E-state index is 12.4. The number of nitrogens with zero attached hydrogens (tertiary/aromatic N) is 4. The monoisotopic (exact) mass is 369 g/mol. The van der Waals surface area contributed by atoms with Crippen LogP contribution >= 0.6 is 0 Å². The van der Waals surface area contributed by atoms with Gasteiger partial charge in [0.2, 0.25) is 0 Å². The number of nitrogens with one attached hydrogen (secondary N) is 1. The molecule has 1 saturated heterocycles. The molecule has 7 nitrogen and oxygen atoms in total. The van der Waals surface area contributed by atoms with E-state index in [2.05, 4.69) is 20.2 Å². The number of hydrogen-bond donors (Lipinski definition) is 1. The van der Waals surface area contributed by atoms with Crippen molar-refractivity contribution in [2.45, 2.75) is 45.1 Å². The van der Waals surface area contributed by atoms with E-state index in [1.54, 1.807) is 12.1 Å². The van der Waals surface area contributed by atoms with E-state index in [1.165, 1.54) is 38.4 Å². The van der Waals surface area contributed by atoms with Crippen molar-refractivity contribution in [2.24, 2.45) is 0 Å². The Balaban J connectivity index is 1.39. The molecule has 2 aliphatic rings. The zero-order valence-corrected chi connectivity index (χ0v) is 15.9. The van der Waals surface area contributed by atoms with Gasteiger partial charge in [-0.1, -0.05) is 19.3 Å². The fourth-order valence-corrected chi connectivity index (χ4v) is 3.94. The highest BCUT2D eigenvalue weighted by atomic mass is 16.3. The van der Waals surface area contributed by atoms with Crippen molar-refractivity contribution in [3.05, 3.63) is 36.0 Å². The lowest BCUT2D eigenvalue weighted by molar-refractivity contribution is 0.0714. The van der Waals surface area contributed by atoms with Crippen LogP contribution in [0.2, 0.25) is 0 Å². The third kappa shape index (κ3) is 4.23. The van der Waals surface area contributed by atoms with Gasteiger partial charge >= 0.3 is 0 Å². The summed E-state index contributed by atoms with van der Waals surface area (Å²) in [5.74, 6) is 2.99. The Morgan fingerprint density at radius 3 is 2.63 bits per heavy atom. The van der Waals surface area contributed by atoms with Crippen molar-refractivity contribution < 1.29 is 9.21 Å². The summed E-state index contributed by atoms with van der Waals surface area (Å²) in [4.78, 5) is 25.7. The zero-order valence-electron chi connectivity index (χ0n) is 15.9. The number of carbonyl (C=O) groups is 1. The van der Waals surface area contributed by atoms with E-state index in [9.17, 15) is 4.79 Å². The molecule has 0 radical (unpaired) electrons. The standard InChI is InChI=1S/C20H27N5O2/c1-15-21-18(23-16-6-3-2-4-7-16)14-19(22-15)24-9-11-25(12-10-24)20(26)17-8-5-13-27-17/h5,8,13-14,16H,2-4,6-7,9-12H2,1H3,(H,21,22,23). The first kappa shape index (κ1) is 17.8. The summed E-state index contributed by atoms with van der Waals surface area (Å²) >= 11 is 0. The van der Waals surface area contributed by atoms with Gasteiger partial charge in [-0.2, -0.15) is 0 Å². The number of carbonyl (C=O) groups excluding carboxylic acids is 1. The van der Waals surface area contributed by atoms with Crippen molar-refractivity contribution in [2.75, 3.05) is 36.4 Å². The summed E-state index contributed by atoms with van der Waals surface area (Å²) in [6, 6.07) is 6.02. The van der Waals surface area contributed by atoms with Gasteiger partial charge in [0.05, 0.1) is 6.26 Å². The molecular weight excluding hydrogens is 342 g/mol. The van der Waals surface area contributed by atoms with Crippen LogP contribution < -0.4 is 10.2 Å². The first-order chi connectivity index (χ1) is 13.2. The summed E-state index contributed by atoms with van der Waals surface area (Å²) in [5, 5.41) is 3.59. The van der Waals surface area contributed by atoms with Crippen LogP contribution in [-0.2, 0) is 0 Å². The SMILES string of the molecule is Cc1nc(NC2CCCCC2)cc(N2CCN(C(=O)c3ccco3)CC2)n1. The molecule has 2 aromatic heterocycles. The Morgan fingerprint density at radius 2 is 1.93 bits per heavy atom. The second-order valence-electron chi connectivity index (χ2n) is 7.39. The van der Waals surface area contributed by atoms with E-state index in [1.807, 2.05) is 17.9 Å². The van der Waals surface area contributed by atoms with Crippen molar-refractivity contribution in [3.63, 3.8) is 0 Å². The van der Waals surface area contributed by atoms with Crippen LogP contribution in [0, 0.1) is 6.92 Å². The Kier molecular flexibility index (Phi) is 5.27. The van der Waals surface area contributed by atoms with Crippen LogP contribution in [0.15, 0.2) is 28.9 Å². The van der Waals surface area contributed by atoms with Gasteiger partial charge in [0, 0.05) is 38.3 Å². The van der Waals surface area contributed by atoms with Crippen molar-refractivity contribution >= 4 is 17.5 Å². The van der Waals surface area contributed by atoms with Crippen LogP contribution in [0.3, 0.4) is 0 Å². The van der Waals surface area contributed by atoms with Gasteiger partial charge in [0.25, 0.3) is 5.91 Å². The molecule has 0 bridgehead atoms. The normalized spacial score (nSPS) is 18.6. The predicted octanol–water partition coefficient (Wildman–Crippen LogP) is 3.09. The first-order valence-electron chi connectivity index (χ1n) is 9.89. The number of piperazine rings is 1. The highest BCUT2D eigenvalue weighted by Crippen LogP contribution is 2.23. The second kappa shape index (κ2) is 7.98. The van der Waals surface area contributed by atoms with E-state index in [0.29, 0.717) is 24.9 Å². The highest BCUT2D eigenvalue weighted by molar-refractivity contribution is 5.91. The van der Waals surface area contributed by atoms with Crippen LogP contribution in [0.4, 0.5) is 11.6 Å². The molecule has 3 heterocycles. The Bertz CT molecular complexity index is 763. The maximum absolute atomic E-state index is 12.4. The molecular formula is C20H27N5O2. The summed E-state index contributed by atoms with van der Waals surface area (Å²) in [6.07, 6.45) is 7.89. The minimum atomic E-state index is -0.0434. The van der Waals surface area contributed by atoms with Gasteiger partial charge in [0.15, 0.2) is 5.76 Å². The summed E-state index contributed by atoms with van der Waals surface area (Å²) in [6.45, 7) is 4.77. The molecule has 4 rings (SSSR count). The van der Waals surface area contributed by atoms with E-state index in [-0.39, 0.29) is 5.91 Å². The van der Waals surface area contributed by atoms with Crippen LogP contribution in [0.5, 0.6) is 0 Å². The Morgan fingerprint density at radius 1 is 1.15 bits per heavy atom. The average molecular weight is 369 g/mol. The Hall–Kier alpha value is -2.57.